The average Bonchev–Trinajstić information content (AvgIpc) is 2.20. The van der Waals surface area contributed by atoms with Gasteiger partial charge in [0.15, 0.2) is 5.82 Å². The molecule has 2 N–H and O–H groups in total. The van der Waals surface area contributed by atoms with Crippen LogP contribution in [-0.2, 0) is 4.74 Å². The largest absolute Gasteiger partial charge is 0.377 e. The lowest BCUT2D eigenvalue weighted by Crippen LogP contribution is -2.32. The van der Waals surface area contributed by atoms with Crippen molar-refractivity contribution in [2.45, 2.75) is 19.4 Å². The SMILES string of the molecule is COC(C)(C)CNc1nc[nH]c(=O)c1Cl. The maximum atomic E-state index is 11.1. The number of aromatic nitrogens is 2. The van der Waals surface area contributed by atoms with Gasteiger partial charge in [-0.15, -0.1) is 0 Å². The zero-order chi connectivity index (χ0) is 11.5. The number of halogens is 1. The summed E-state index contributed by atoms with van der Waals surface area (Å²) in [5, 5.41) is 3.02. The smallest absolute Gasteiger partial charge is 0.271 e. The zero-order valence-electron chi connectivity index (χ0n) is 8.93. The van der Waals surface area contributed by atoms with Crippen molar-refractivity contribution >= 4 is 17.4 Å². The minimum absolute atomic E-state index is 0.0596. The topological polar surface area (TPSA) is 67.0 Å². The normalized spacial score (nSPS) is 11.5. The van der Waals surface area contributed by atoms with Crippen LogP contribution < -0.4 is 10.9 Å². The van der Waals surface area contributed by atoms with Crippen molar-refractivity contribution in [3.8, 4) is 0 Å². The summed E-state index contributed by atoms with van der Waals surface area (Å²) in [7, 11) is 1.62. The minimum Gasteiger partial charge on any atom is -0.377 e. The first-order valence-electron chi connectivity index (χ1n) is 4.48. The summed E-state index contributed by atoms with van der Waals surface area (Å²) in [4.78, 5) is 17.4. The Hall–Kier alpha value is -1.07. The van der Waals surface area contributed by atoms with E-state index in [4.69, 9.17) is 16.3 Å². The number of nitrogens with one attached hydrogen (secondary N) is 2. The first-order valence-corrected chi connectivity index (χ1v) is 4.86. The van der Waals surface area contributed by atoms with Gasteiger partial charge in [0.25, 0.3) is 5.56 Å². The molecule has 6 heteroatoms. The van der Waals surface area contributed by atoms with Gasteiger partial charge in [0.1, 0.15) is 5.02 Å². The number of rotatable bonds is 4. The summed E-state index contributed by atoms with van der Waals surface area (Å²) in [6.45, 7) is 4.35. The fourth-order valence-corrected chi connectivity index (χ4v) is 1.05. The number of nitrogens with zero attached hydrogens (tertiary/aromatic N) is 1. The fourth-order valence-electron chi connectivity index (χ4n) is 0.875. The van der Waals surface area contributed by atoms with Gasteiger partial charge in [0.05, 0.1) is 11.9 Å². The summed E-state index contributed by atoms with van der Waals surface area (Å²) in [5.41, 5.74) is -0.697. The number of H-pyrrole nitrogens is 1. The number of hydrogen-bond acceptors (Lipinski definition) is 4. The van der Waals surface area contributed by atoms with Crippen LogP contribution in [0.25, 0.3) is 0 Å². The van der Waals surface area contributed by atoms with Gasteiger partial charge in [-0.05, 0) is 13.8 Å². The monoisotopic (exact) mass is 231 g/mol. The molecule has 0 radical (unpaired) electrons. The van der Waals surface area contributed by atoms with E-state index in [1.807, 2.05) is 13.8 Å². The first-order chi connectivity index (χ1) is 6.96. The van der Waals surface area contributed by atoms with Crippen LogP contribution in [0.5, 0.6) is 0 Å². The van der Waals surface area contributed by atoms with E-state index in [9.17, 15) is 4.79 Å². The molecule has 0 aliphatic heterocycles. The Morgan fingerprint density at radius 2 is 2.33 bits per heavy atom. The summed E-state index contributed by atoms with van der Waals surface area (Å²) in [5.74, 6) is 0.366. The molecular formula is C9H14ClN3O2. The molecule has 0 bridgehead atoms. The lowest BCUT2D eigenvalue weighted by molar-refractivity contribution is 0.0343. The molecular weight excluding hydrogens is 218 g/mol. The van der Waals surface area contributed by atoms with Crippen LogP contribution in [0.3, 0.4) is 0 Å². The lowest BCUT2D eigenvalue weighted by atomic mass is 10.1. The predicted molar refractivity (Wildman–Crippen MR) is 59.4 cm³/mol. The third kappa shape index (κ3) is 3.21. The number of anilines is 1. The second kappa shape index (κ2) is 4.63. The molecule has 1 rings (SSSR count). The fraction of sp³-hybridized carbons (Fsp3) is 0.556. The molecule has 1 aromatic rings. The molecule has 0 aliphatic rings. The zero-order valence-corrected chi connectivity index (χ0v) is 9.68. The Balaban J connectivity index is 2.74. The first kappa shape index (κ1) is 12.0. The molecule has 1 aromatic heterocycles. The van der Waals surface area contributed by atoms with Crippen LogP contribution in [0.4, 0.5) is 5.82 Å². The van der Waals surface area contributed by atoms with Crippen LogP contribution in [0.2, 0.25) is 5.02 Å². The maximum Gasteiger partial charge on any atom is 0.271 e. The van der Waals surface area contributed by atoms with Crippen molar-refractivity contribution in [3.63, 3.8) is 0 Å². The Kier molecular flexibility index (Phi) is 3.71. The van der Waals surface area contributed by atoms with Gasteiger partial charge in [0, 0.05) is 13.7 Å². The molecule has 0 fully saturated rings. The molecule has 84 valence electrons. The van der Waals surface area contributed by atoms with Crippen LogP contribution >= 0.6 is 11.6 Å². The Labute approximate surface area is 92.8 Å². The quantitative estimate of drug-likeness (QED) is 0.819. The van der Waals surface area contributed by atoms with Crippen molar-refractivity contribution in [1.29, 1.82) is 0 Å². The highest BCUT2D eigenvalue weighted by Crippen LogP contribution is 2.14. The summed E-state index contributed by atoms with van der Waals surface area (Å²) in [6, 6.07) is 0. The van der Waals surface area contributed by atoms with Crippen LogP contribution in [0, 0.1) is 0 Å². The van der Waals surface area contributed by atoms with E-state index in [0.717, 1.165) is 0 Å². The van der Waals surface area contributed by atoms with Crippen molar-refractivity contribution < 1.29 is 4.74 Å². The Morgan fingerprint density at radius 3 is 2.93 bits per heavy atom. The van der Waals surface area contributed by atoms with Gasteiger partial charge in [-0.2, -0.15) is 0 Å². The van der Waals surface area contributed by atoms with Crippen LogP contribution in [-0.4, -0.2) is 29.2 Å². The van der Waals surface area contributed by atoms with E-state index >= 15 is 0 Å². The second-order valence-electron chi connectivity index (χ2n) is 3.71. The molecule has 5 nitrogen and oxygen atoms in total. The number of aromatic amines is 1. The number of ether oxygens (including phenoxy) is 1. The summed E-state index contributed by atoms with van der Waals surface area (Å²) in [6.07, 6.45) is 1.30. The van der Waals surface area contributed by atoms with Gasteiger partial charge in [-0.25, -0.2) is 4.98 Å². The van der Waals surface area contributed by atoms with Crippen molar-refractivity contribution in [1.82, 2.24) is 9.97 Å². The lowest BCUT2D eigenvalue weighted by Gasteiger charge is -2.23. The minimum atomic E-state index is -0.357. The van der Waals surface area contributed by atoms with Crippen molar-refractivity contribution in [2.75, 3.05) is 19.0 Å². The standard InChI is InChI=1S/C9H14ClN3O2/c1-9(2,15-3)4-11-7-6(10)8(14)13-5-12-7/h5H,4H2,1-3H3,(H2,11,12,13,14). The molecule has 0 atom stereocenters. The van der Waals surface area contributed by atoms with Crippen molar-refractivity contribution in [3.05, 3.63) is 21.7 Å². The molecule has 0 unspecified atom stereocenters. The Morgan fingerprint density at radius 1 is 1.67 bits per heavy atom. The Bertz CT molecular complexity index is 389. The number of hydrogen-bond donors (Lipinski definition) is 2. The molecule has 0 saturated carbocycles. The molecule has 0 amide bonds. The van der Waals surface area contributed by atoms with Gasteiger partial charge >= 0.3 is 0 Å². The molecule has 1 heterocycles. The molecule has 0 spiro atoms. The molecule has 15 heavy (non-hydrogen) atoms. The molecule has 0 saturated heterocycles. The van der Waals surface area contributed by atoms with Gasteiger partial charge in [-0.1, -0.05) is 11.6 Å². The van der Waals surface area contributed by atoms with E-state index in [-0.39, 0.29) is 16.2 Å². The van der Waals surface area contributed by atoms with Crippen molar-refractivity contribution in [2.24, 2.45) is 0 Å². The molecule has 0 aliphatic carbocycles. The van der Waals surface area contributed by atoms with Crippen LogP contribution in [0.1, 0.15) is 13.8 Å². The van der Waals surface area contributed by atoms with Gasteiger partial charge in [-0.3, -0.25) is 4.79 Å². The average molecular weight is 232 g/mol. The van der Waals surface area contributed by atoms with E-state index in [1.54, 1.807) is 7.11 Å². The van der Waals surface area contributed by atoms with Crippen LogP contribution in [0.15, 0.2) is 11.1 Å². The van der Waals surface area contributed by atoms with Gasteiger partial charge in [0.2, 0.25) is 0 Å². The van der Waals surface area contributed by atoms with E-state index < -0.39 is 0 Å². The van der Waals surface area contributed by atoms with E-state index in [0.29, 0.717) is 12.4 Å². The highest BCUT2D eigenvalue weighted by atomic mass is 35.5. The summed E-state index contributed by atoms with van der Waals surface area (Å²) < 4.78 is 5.21. The highest BCUT2D eigenvalue weighted by Gasteiger charge is 2.17. The second-order valence-corrected chi connectivity index (χ2v) is 4.09. The van der Waals surface area contributed by atoms with Gasteiger partial charge < -0.3 is 15.0 Å². The maximum absolute atomic E-state index is 11.1. The predicted octanol–water partition coefficient (Wildman–Crippen LogP) is 1.26. The van der Waals surface area contributed by atoms with E-state index in [1.165, 1.54) is 6.33 Å². The number of methoxy groups -OCH3 is 1. The highest BCUT2D eigenvalue weighted by molar-refractivity contribution is 6.32. The third-order valence-electron chi connectivity index (χ3n) is 2.03. The molecule has 0 aromatic carbocycles. The third-order valence-corrected chi connectivity index (χ3v) is 2.38. The summed E-state index contributed by atoms with van der Waals surface area (Å²) >= 11 is 5.76. The van der Waals surface area contributed by atoms with E-state index in [2.05, 4.69) is 15.3 Å².